The lowest BCUT2D eigenvalue weighted by atomic mass is 10.1. The van der Waals surface area contributed by atoms with Crippen LogP contribution in [0.5, 0.6) is 11.5 Å². The van der Waals surface area contributed by atoms with Gasteiger partial charge in [0.25, 0.3) is 5.91 Å². The molecule has 0 unspecified atom stereocenters. The number of carbonyl (C=O) groups is 1. The molecule has 1 N–H and O–H groups in total. The zero-order valence-electron chi connectivity index (χ0n) is 21.6. The van der Waals surface area contributed by atoms with E-state index in [4.69, 9.17) is 14.2 Å². The number of thioether (sulfide) groups is 1. The fraction of sp³-hybridized carbons (Fsp3) is 0.276. The van der Waals surface area contributed by atoms with Crippen LogP contribution in [0.25, 0.3) is 11.4 Å². The minimum Gasteiger partial charge on any atom is -0.454 e. The summed E-state index contributed by atoms with van der Waals surface area (Å²) in [4.78, 5) is 13.1. The van der Waals surface area contributed by atoms with Crippen molar-refractivity contribution in [1.29, 1.82) is 0 Å². The maximum atomic E-state index is 13.1. The molecule has 38 heavy (non-hydrogen) atoms. The smallest absolute Gasteiger partial charge is 0.251 e. The van der Waals surface area contributed by atoms with E-state index in [-0.39, 0.29) is 18.7 Å². The first-order valence-corrected chi connectivity index (χ1v) is 13.4. The molecule has 0 saturated heterocycles. The summed E-state index contributed by atoms with van der Waals surface area (Å²) in [5.41, 5.74) is 4.69. The van der Waals surface area contributed by atoms with Crippen LogP contribution in [0.1, 0.15) is 40.0 Å². The van der Waals surface area contributed by atoms with Crippen molar-refractivity contribution in [3.05, 3.63) is 89.0 Å². The molecular weight excluding hydrogens is 500 g/mol. The quantitative estimate of drug-likeness (QED) is 0.274. The number of fused-ring (bicyclic) bond motifs is 1. The lowest BCUT2D eigenvalue weighted by Gasteiger charge is -2.17. The fourth-order valence-electron chi connectivity index (χ4n) is 4.33. The SMILES string of the molecule is COC[C@@H](C)n1c(SCc2ccccc2C(=O)NCc2ccc3c(c2)OCO3)nnc1-c1ccc(C)cc1. The van der Waals surface area contributed by atoms with Crippen LogP contribution in [-0.2, 0) is 17.0 Å². The minimum absolute atomic E-state index is 0.0362. The van der Waals surface area contributed by atoms with Crippen LogP contribution in [0, 0.1) is 6.92 Å². The molecule has 196 valence electrons. The van der Waals surface area contributed by atoms with Crippen molar-refractivity contribution >= 4 is 17.7 Å². The highest BCUT2D eigenvalue weighted by molar-refractivity contribution is 7.98. The number of methoxy groups -OCH3 is 1. The fourth-order valence-corrected chi connectivity index (χ4v) is 5.37. The van der Waals surface area contributed by atoms with Gasteiger partial charge in [-0.1, -0.05) is 65.9 Å². The van der Waals surface area contributed by atoms with Gasteiger partial charge in [-0.25, -0.2) is 0 Å². The van der Waals surface area contributed by atoms with Crippen LogP contribution in [0.15, 0.2) is 71.9 Å². The monoisotopic (exact) mass is 530 g/mol. The van der Waals surface area contributed by atoms with Crippen molar-refractivity contribution in [2.45, 2.75) is 37.3 Å². The van der Waals surface area contributed by atoms with E-state index in [0.29, 0.717) is 30.2 Å². The first kappa shape index (κ1) is 25.8. The van der Waals surface area contributed by atoms with Crippen molar-refractivity contribution < 1.29 is 19.0 Å². The van der Waals surface area contributed by atoms with Gasteiger partial charge in [-0.05, 0) is 43.2 Å². The number of aromatic nitrogens is 3. The van der Waals surface area contributed by atoms with Gasteiger partial charge in [0.15, 0.2) is 22.5 Å². The molecule has 5 rings (SSSR count). The molecule has 1 aromatic heterocycles. The van der Waals surface area contributed by atoms with E-state index >= 15 is 0 Å². The molecule has 1 aliphatic rings. The third-order valence-electron chi connectivity index (χ3n) is 6.33. The Kier molecular flexibility index (Phi) is 7.95. The highest BCUT2D eigenvalue weighted by atomic mass is 32.2. The zero-order chi connectivity index (χ0) is 26.5. The lowest BCUT2D eigenvalue weighted by molar-refractivity contribution is 0.0950. The predicted octanol–water partition coefficient (Wildman–Crippen LogP) is 5.41. The first-order chi connectivity index (χ1) is 18.5. The molecule has 2 heterocycles. The average Bonchev–Trinajstić information content (AvgIpc) is 3.58. The number of benzene rings is 3. The van der Waals surface area contributed by atoms with Crippen molar-refractivity contribution in [1.82, 2.24) is 20.1 Å². The summed E-state index contributed by atoms with van der Waals surface area (Å²) in [6.45, 7) is 5.29. The van der Waals surface area contributed by atoms with E-state index in [1.165, 1.54) is 5.56 Å². The highest BCUT2D eigenvalue weighted by Gasteiger charge is 2.21. The Morgan fingerprint density at radius 3 is 2.68 bits per heavy atom. The number of rotatable bonds is 10. The molecule has 1 atom stereocenters. The Morgan fingerprint density at radius 2 is 1.87 bits per heavy atom. The molecule has 9 heteroatoms. The van der Waals surface area contributed by atoms with Gasteiger partial charge in [0.2, 0.25) is 6.79 Å². The number of carbonyl (C=O) groups excluding carboxylic acids is 1. The Hall–Kier alpha value is -3.82. The van der Waals surface area contributed by atoms with E-state index < -0.39 is 0 Å². The molecule has 1 amide bonds. The van der Waals surface area contributed by atoms with E-state index in [2.05, 4.69) is 58.2 Å². The molecule has 1 aliphatic heterocycles. The molecule has 0 spiro atoms. The number of aryl methyl sites for hydroxylation is 1. The first-order valence-electron chi connectivity index (χ1n) is 12.4. The molecule has 0 bridgehead atoms. The summed E-state index contributed by atoms with van der Waals surface area (Å²) >= 11 is 1.56. The van der Waals surface area contributed by atoms with Crippen LogP contribution < -0.4 is 14.8 Å². The summed E-state index contributed by atoms with van der Waals surface area (Å²) in [6, 6.07) is 21.6. The average molecular weight is 531 g/mol. The molecule has 4 aromatic rings. The topological polar surface area (TPSA) is 87.5 Å². The molecule has 3 aromatic carbocycles. The summed E-state index contributed by atoms with van der Waals surface area (Å²) in [7, 11) is 1.69. The number of nitrogens with zero attached hydrogens (tertiary/aromatic N) is 3. The second-order valence-electron chi connectivity index (χ2n) is 9.16. The number of hydrogen-bond acceptors (Lipinski definition) is 7. The molecule has 0 saturated carbocycles. The zero-order valence-corrected chi connectivity index (χ0v) is 22.5. The Labute approximate surface area is 226 Å². The van der Waals surface area contributed by atoms with Gasteiger partial charge in [-0.15, -0.1) is 10.2 Å². The van der Waals surface area contributed by atoms with Gasteiger partial charge in [0, 0.05) is 30.5 Å². The molecule has 0 aliphatic carbocycles. The van der Waals surface area contributed by atoms with Crippen LogP contribution >= 0.6 is 11.8 Å². The van der Waals surface area contributed by atoms with Gasteiger partial charge in [0.05, 0.1) is 12.6 Å². The second kappa shape index (κ2) is 11.7. The number of nitrogens with one attached hydrogen (secondary N) is 1. The van der Waals surface area contributed by atoms with Crippen LogP contribution in [0.3, 0.4) is 0 Å². The highest BCUT2D eigenvalue weighted by Crippen LogP contribution is 2.33. The summed E-state index contributed by atoms with van der Waals surface area (Å²) < 4.78 is 18.4. The van der Waals surface area contributed by atoms with Gasteiger partial charge in [0.1, 0.15) is 0 Å². The maximum Gasteiger partial charge on any atom is 0.251 e. The van der Waals surface area contributed by atoms with Crippen molar-refractivity contribution in [3.63, 3.8) is 0 Å². The standard InChI is InChI=1S/C29H30N4O4S/c1-19-8-11-22(12-9-19)27-31-32-29(33(27)20(2)16-35-3)38-17-23-6-4-5-7-24(23)28(34)30-15-21-10-13-25-26(14-21)37-18-36-25/h4-14,20H,15-18H2,1-3H3,(H,30,34)/t20-/m1/s1. The lowest BCUT2D eigenvalue weighted by Crippen LogP contribution is -2.23. The van der Waals surface area contributed by atoms with Crippen molar-refractivity contribution in [2.75, 3.05) is 20.5 Å². The Morgan fingerprint density at radius 1 is 1.08 bits per heavy atom. The van der Waals surface area contributed by atoms with Crippen LogP contribution in [0.4, 0.5) is 0 Å². The summed E-state index contributed by atoms with van der Waals surface area (Å²) in [5.74, 6) is 2.66. The van der Waals surface area contributed by atoms with E-state index in [1.54, 1.807) is 18.9 Å². The molecule has 0 radical (unpaired) electrons. The van der Waals surface area contributed by atoms with Crippen LogP contribution in [0.2, 0.25) is 0 Å². The summed E-state index contributed by atoms with van der Waals surface area (Å²) in [6.07, 6.45) is 0. The largest absolute Gasteiger partial charge is 0.454 e. The molecule has 0 fully saturated rings. The maximum absolute atomic E-state index is 13.1. The third kappa shape index (κ3) is 5.69. The van der Waals surface area contributed by atoms with Gasteiger partial charge in [-0.3, -0.25) is 9.36 Å². The van der Waals surface area contributed by atoms with E-state index in [0.717, 1.165) is 33.4 Å². The van der Waals surface area contributed by atoms with E-state index in [1.807, 2.05) is 42.5 Å². The van der Waals surface area contributed by atoms with Gasteiger partial charge in [-0.2, -0.15) is 0 Å². The summed E-state index contributed by atoms with van der Waals surface area (Å²) in [5, 5.41) is 12.8. The molecule has 8 nitrogen and oxygen atoms in total. The minimum atomic E-state index is -0.131. The normalized spacial score (nSPS) is 12.9. The van der Waals surface area contributed by atoms with Gasteiger partial charge >= 0.3 is 0 Å². The Bertz CT molecular complexity index is 1420. The van der Waals surface area contributed by atoms with E-state index in [9.17, 15) is 4.79 Å². The predicted molar refractivity (Wildman–Crippen MR) is 147 cm³/mol. The third-order valence-corrected chi connectivity index (χ3v) is 7.32. The van der Waals surface area contributed by atoms with Crippen molar-refractivity contribution in [3.8, 4) is 22.9 Å². The van der Waals surface area contributed by atoms with Gasteiger partial charge < -0.3 is 19.5 Å². The van der Waals surface area contributed by atoms with Crippen molar-refractivity contribution in [2.24, 2.45) is 0 Å². The Balaban J connectivity index is 1.31. The van der Waals surface area contributed by atoms with Crippen LogP contribution in [-0.4, -0.2) is 41.2 Å². The second-order valence-corrected chi connectivity index (χ2v) is 10.1. The number of hydrogen-bond donors (Lipinski definition) is 1. The number of ether oxygens (including phenoxy) is 3. The molecular formula is C29H30N4O4S. The number of amides is 1.